The first-order valence-corrected chi connectivity index (χ1v) is 7.75. The third-order valence-electron chi connectivity index (χ3n) is 3.81. The van der Waals surface area contributed by atoms with Crippen molar-refractivity contribution >= 4 is 21.6 Å². The van der Waals surface area contributed by atoms with E-state index in [1.807, 2.05) is 11.4 Å². The average Bonchev–Trinajstić information content (AvgIpc) is 2.80. The SMILES string of the molecule is NC1(COc2ncnc3ccsc23)CCCCCC1. The van der Waals surface area contributed by atoms with Crippen molar-refractivity contribution in [3.05, 3.63) is 17.8 Å². The molecule has 1 aliphatic rings. The molecular formula is C14H19N3OS. The zero-order valence-corrected chi connectivity index (χ0v) is 11.8. The molecule has 0 bridgehead atoms. The van der Waals surface area contributed by atoms with Crippen molar-refractivity contribution in [2.45, 2.75) is 44.1 Å². The van der Waals surface area contributed by atoms with E-state index in [1.54, 1.807) is 17.7 Å². The first kappa shape index (κ1) is 12.8. The molecular weight excluding hydrogens is 258 g/mol. The number of hydrogen-bond donors (Lipinski definition) is 1. The van der Waals surface area contributed by atoms with E-state index in [2.05, 4.69) is 9.97 Å². The Morgan fingerprint density at radius 2 is 2.00 bits per heavy atom. The number of rotatable bonds is 3. The molecule has 2 N–H and O–H groups in total. The van der Waals surface area contributed by atoms with Crippen molar-refractivity contribution in [2.24, 2.45) is 5.73 Å². The molecule has 0 amide bonds. The molecule has 0 unspecified atom stereocenters. The van der Waals surface area contributed by atoms with Gasteiger partial charge in [0.2, 0.25) is 5.88 Å². The van der Waals surface area contributed by atoms with Gasteiger partial charge in [0.15, 0.2) is 0 Å². The maximum atomic E-state index is 6.46. The summed E-state index contributed by atoms with van der Waals surface area (Å²) in [5.41, 5.74) is 7.22. The van der Waals surface area contributed by atoms with Crippen LogP contribution in [0.4, 0.5) is 0 Å². The lowest BCUT2D eigenvalue weighted by molar-refractivity contribution is 0.196. The lowest BCUT2D eigenvalue weighted by Crippen LogP contribution is -2.45. The van der Waals surface area contributed by atoms with Crippen molar-refractivity contribution in [1.29, 1.82) is 0 Å². The summed E-state index contributed by atoms with van der Waals surface area (Å²) in [5.74, 6) is 0.675. The van der Waals surface area contributed by atoms with Crippen molar-refractivity contribution in [3.63, 3.8) is 0 Å². The predicted octanol–water partition coefficient (Wildman–Crippen LogP) is 3.12. The van der Waals surface area contributed by atoms with Crippen molar-refractivity contribution in [3.8, 4) is 5.88 Å². The second kappa shape index (κ2) is 5.43. The molecule has 1 saturated carbocycles. The minimum absolute atomic E-state index is 0.189. The summed E-state index contributed by atoms with van der Waals surface area (Å²) in [4.78, 5) is 8.46. The molecule has 0 atom stereocenters. The fraction of sp³-hybridized carbons (Fsp3) is 0.571. The molecule has 102 valence electrons. The molecule has 19 heavy (non-hydrogen) atoms. The van der Waals surface area contributed by atoms with Crippen molar-refractivity contribution in [1.82, 2.24) is 9.97 Å². The molecule has 1 fully saturated rings. The van der Waals surface area contributed by atoms with Gasteiger partial charge in [-0.2, -0.15) is 0 Å². The number of nitrogens with zero attached hydrogens (tertiary/aromatic N) is 2. The summed E-state index contributed by atoms with van der Waals surface area (Å²) in [6.45, 7) is 0.553. The summed E-state index contributed by atoms with van der Waals surface area (Å²) in [6.07, 6.45) is 8.65. The van der Waals surface area contributed by atoms with Gasteiger partial charge in [0.05, 0.1) is 11.1 Å². The van der Waals surface area contributed by atoms with Gasteiger partial charge in [0.25, 0.3) is 0 Å². The molecule has 1 aliphatic carbocycles. The molecule has 0 aliphatic heterocycles. The van der Waals surface area contributed by atoms with Gasteiger partial charge < -0.3 is 10.5 Å². The Labute approximate surface area is 117 Å². The molecule has 0 saturated heterocycles. The molecule has 0 spiro atoms. The van der Waals surface area contributed by atoms with E-state index in [4.69, 9.17) is 10.5 Å². The summed E-state index contributed by atoms with van der Waals surface area (Å²) < 4.78 is 6.92. The second-order valence-corrected chi connectivity index (χ2v) is 6.30. The summed E-state index contributed by atoms with van der Waals surface area (Å²) in [5, 5.41) is 2.01. The lowest BCUT2D eigenvalue weighted by atomic mass is 9.93. The average molecular weight is 277 g/mol. The maximum Gasteiger partial charge on any atom is 0.234 e. The van der Waals surface area contributed by atoms with Gasteiger partial charge >= 0.3 is 0 Å². The molecule has 3 rings (SSSR count). The highest BCUT2D eigenvalue weighted by Crippen LogP contribution is 2.29. The first-order valence-electron chi connectivity index (χ1n) is 6.87. The first-order chi connectivity index (χ1) is 9.27. The zero-order chi connectivity index (χ0) is 13.1. The van der Waals surface area contributed by atoms with Gasteiger partial charge in [-0.25, -0.2) is 9.97 Å². The Kier molecular flexibility index (Phi) is 3.66. The van der Waals surface area contributed by atoms with E-state index in [0.29, 0.717) is 12.5 Å². The van der Waals surface area contributed by atoms with Crippen LogP contribution in [0.25, 0.3) is 10.2 Å². The molecule has 0 radical (unpaired) electrons. The molecule has 4 nitrogen and oxygen atoms in total. The zero-order valence-electron chi connectivity index (χ0n) is 11.0. The molecule has 2 heterocycles. The Balaban J connectivity index is 1.73. The standard InChI is InChI=1S/C14H19N3OS/c15-14(6-3-1-2-4-7-14)9-18-13-12-11(5-8-19-12)16-10-17-13/h5,8,10H,1-4,6-7,9,15H2. The van der Waals surface area contributed by atoms with E-state index in [0.717, 1.165) is 23.1 Å². The fourth-order valence-corrected chi connectivity index (χ4v) is 3.45. The highest BCUT2D eigenvalue weighted by molar-refractivity contribution is 7.17. The normalized spacial score (nSPS) is 19.2. The van der Waals surface area contributed by atoms with Gasteiger partial charge in [-0.1, -0.05) is 25.7 Å². The van der Waals surface area contributed by atoms with Crippen LogP contribution in [0.5, 0.6) is 5.88 Å². The Bertz CT molecular complexity index is 546. The Morgan fingerprint density at radius 3 is 2.79 bits per heavy atom. The van der Waals surface area contributed by atoms with Crippen LogP contribution in [-0.2, 0) is 0 Å². The topological polar surface area (TPSA) is 61.0 Å². The number of ether oxygens (including phenoxy) is 1. The number of fused-ring (bicyclic) bond motifs is 1. The monoisotopic (exact) mass is 277 g/mol. The van der Waals surface area contributed by atoms with Gasteiger partial charge in [-0.05, 0) is 24.3 Å². The van der Waals surface area contributed by atoms with Crippen molar-refractivity contribution < 1.29 is 4.74 Å². The Hall–Kier alpha value is -1.20. The minimum atomic E-state index is -0.189. The van der Waals surface area contributed by atoms with E-state index in [-0.39, 0.29) is 5.54 Å². The van der Waals surface area contributed by atoms with Gasteiger partial charge in [-0.3, -0.25) is 0 Å². The van der Waals surface area contributed by atoms with Crippen LogP contribution in [0, 0.1) is 0 Å². The van der Waals surface area contributed by atoms with Crippen LogP contribution < -0.4 is 10.5 Å². The van der Waals surface area contributed by atoms with E-state index < -0.39 is 0 Å². The van der Waals surface area contributed by atoms with Crippen molar-refractivity contribution in [2.75, 3.05) is 6.61 Å². The largest absolute Gasteiger partial charge is 0.475 e. The van der Waals surface area contributed by atoms with Crippen LogP contribution >= 0.6 is 11.3 Å². The summed E-state index contributed by atoms with van der Waals surface area (Å²) >= 11 is 1.61. The van der Waals surface area contributed by atoms with Crippen LogP contribution in [0.2, 0.25) is 0 Å². The third kappa shape index (κ3) is 2.87. The quantitative estimate of drug-likeness (QED) is 0.876. The highest BCUT2D eigenvalue weighted by atomic mass is 32.1. The molecule has 0 aromatic carbocycles. The van der Waals surface area contributed by atoms with Crippen LogP contribution in [-0.4, -0.2) is 22.1 Å². The number of nitrogens with two attached hydrogens (primary N) is 1. The van der Waals surface area contributed by atoms with Crippen LogP contribution in [0.15, 0.2) is 17.8 Å². The van der Waals surface area contributed by atoms with Gasteiger partial charge in [-0.15, -0.1) is 11.3 Å². The summed E-state index contributed by atoms with van der Waals surface area (Å²) in [7, 11) is 0. The van der Waals surface area contributed by atoms with Gasteiger partial charge in [0, 0.05) is 0 Å². The number of hydrogen-bond acceptors (Lipinski definition) is 5. The van der Waals surface area contributed by atoms with E-state index in [1.165, 1.54) is 25.7 Å². The second-order valence-electron chi connectivity index (χ2n) is 5.38. The minimum Gasteiger partial charge on any atom is -0.475 e. The smallest absolute Gasteiger partial charge is 0.234 e. The van der Waals surface area contributed by atoms with Crippen LogP contribution in [0.1, 0.15) is 38.5 Å². The fourth-order valence-electron chi connectivity index (χ4n) is 2.66. The predicted molar refractivity (Wildman–Crippen MR) is 77.5 cm³/mol. The number of thiophene rings is 1. The summed E-state index contributed by atoms with van der Waals surface area (Å²) in [6, 6.07) is 1.98. The highest BCUT2D eigenvalue weighted by Gasteiger charge is 2.27. The molecule has 2 aromatic heterocycles. The lowest BCUT2D eigenvalue weighted by Gasteiger charge is -2.27. The van der Waals surface area contributed by atoms with E-state index in [9.17, 15) is 0 Å². The number of aromatic nitrogens is 2. The molecule has 2 aromatic rings. The van der Waals surface area contributed by atoms with E-state index >= 15 is 0 Å². The third-order valence-corrected chi connectivity index (χ3v) is 4.70. The molecule has 5 heteroatoms. The van der Waals surface area contributed by atoms with Gasteiger partial charge in [0.1, 0.15) is 17.6 Å². The van der Waals surface area contributed by atoms with Crippen LogP contribution in [0.3, 0.4) is 0 Å². The maximum absolute atomic E-state index is 6.46. The Morgan fingerprint density at radius 1 is 1.21 bits per heavy atom.